The number of hydrogen-bond acceptors (Lipinski definition) is 4. The second-order valence-electron chi connectivity index (χ2n) is 4.36. The third-order valence-electron chi connectivity index (χ3n) is 2.59. The predicted molar refractivity (Wildman–Crippen MR) is 57.3 cm³/mol. The van der Waals surface area contributed by atoms with E-state index < -0.39 is 11.9 Å². The zero-order valence-corrected chi connectivity index (χ0v) is 9.43. The van der Waals surface area contributed by atoms with E-state index in [1.165, 1.54) is 0 Å². The average Bonchev–Trinajstić information content (AvgIpc) is 2.25. The molecule has 16 heavy (non-hydrogen) atoms. The minimum Gasteiger partial charge on any atom is -0.480 e. The van der Waals surface area contributed by atoms with Gasteiger partial charge in [-0.2, -0.15) is 0 Å². The fourth-order valence-electron chi connectivity index (χ4n) is 2.07. The van der Waals surface area contributed by atoms with Crippen LogP contribution in [-0.2, 0) is 9.59 Å². The standard InChI is InChI=1S/C10H18N2O4/c1-8-4-11(6-9(13)14)2-3-12(5-8)7-10(15)16/h8H,2-7H2,1H3,(H,13,14)(H,15,16). The third kappa shape index (κ3) is 4.59. The smallest absolute Gasteiger partial charge is 0.317 e. The SMILES string of the molecule is CC1CN(CC(=O)O)CCN(CC(=O)O)C1. The van der Waals surface area contributed by atoms with Crippen molar-refractivity contribution < 1.29 is 19.8 Å². The number of carboxylic acids is 2. The van der Waals surface area contributed by atoms with Gasteiger partial charge in [0.25, 0.3) is 0 Å². The van der Waals surface area contributed by atoms with Crippen molar-refractivity contribution in [2.24, 2.45) is 5.92 Å². The van der Waals surface area contributed by atoms with E-state index in [9.17, 15) is 9.59 Å². The molecule has 1 fully saturated rings. The van der Waals surface area contributed by atoms with Crippen LogP contribution in [0.4, 0.5) is 0 Å². The van der Waals surface area contributed by atoms with Crippen molar-refractivity contribution in [1.29, 1.82) is 0 Å². The van der Waals surface area contributed by atoms with Gasteiger partial charge in [0.1, 0.15) is 0 Å². The molecule has 0 aromatic rings. The molecule has 0 aromatic heterocycles. The first-order chi connectivity index (χ1) is 7.47. The summed E-state index contributed by atoms with van der Waals surface area (Å²) in [4.78, 5) is 24.9. The van der Waals surface area contributed by atoms with Gasteiger partial charge in [-0.05, 0) is 5.92 Å². The van der Waals surface area contributed by atoms with Crippen molar-refractivity contribution in [1.82, 2.24) is 9.80 Å². The van der Waals surface area contributed by atoms with Crippen LogP contribution >= 0.6 is 0 Å². The molecule has 1 saturated heterocycles. The highest BCUT2D eigenvalue weighted by molar-refractivity contribution is 5.69. The van der Waals surface area contributed by atoms with E-state index in [0.717, 1.165) is 0 Å². The molecule has 0 unspecified atom stereocenters. The van der Waals surface area contributed by atoms with Crippen molar-refractivity contribution >= 4 is 11.9 Å². The molecular weight excluding hydrogens is 212 g/mol. The van der Waals surface area contributed by atoms with Crippen LogP contribution in [-0.4, -0.2) is 71.2 Å². The van der Waals surface area contributed by atoms with Gasteiger partial charge in [0.15, 0.2) is 0 Å². The fraction of sp³-hybridized carbons (Fsp3) is 0.800. The maximum Gasteiger partial charge on any atom is 0.317 e. The summed E-state index contributed by atoms with van der Waals surface area (Å²) >= 11 is 0. The van der Waals surface area contributed by atoms with Crippen LogP contribution in [0.5, 0.6) is 0 Å². The first-order valence-corrected chi connectivity index (χ1v) is 5.35. The predicted octanol–water partition coefficient (Wildman–Crippen LogP) is -0.591. The fourth-order valence-corrected chi connectivity index (χ4v) is 2.07. The summed E-state index contributed by atoms with van der Waals surface area (Å²) in [5.74, 6) is -1.38. The molecule has 1 rings (SSSR count). The molecule has 0 radical (unpaired) electrons. The molecule has 0 aromatic carbocycles. The van der Waals surface area contributed by atoms with Crippen molar-refractivity contribution in [3.05, 3.63) is 0 Å². The molecule has 2 N–H and O–H groups in total. The topological polar surface area (TPSA) is 81.1 Å². The van der Waals surface area contributed by atoms with Crippen LogP contribution < -0.4 is 0 Å². The molecule has 1 aliphatic heterocycles. The van der Waals surface area contributed by atoms with Crippen molar-refractivity contribution in [3.8, 4) is 0 Å². The molecule has 1 heterocycles. The average molecular weight is 230 g/mol. The first-order valence-electron chi connectivity index (χ1n) is 5.35. The Hall–Kier alpha value is -1.14. The molecule has 0 aliphatic carbocycles. The monoisotopic (exact) mass is 230 g/mol. The number of carbonyl (C=O) groups is 2. The first kappa shape index (κ1) is 12.9. The summed E-state index contributed by atoms with van der Waals surface area (Å²) in [6.07, 6.45) is 0. The van der Waals surface area contributed by atoms with E-state index in [-0.39, 0.29) is 13.1 Å². The molecule has 92 valence electrons. The Morgan fingerprint density at radius 1 is 1.06 bits per heavy atom. The highest BCUT2D eigenvalue weighted by atomic mass is 16.4. The zero-order valence-electron chi connectivity index (χ0n) is 9.43. The third-order valence-corrected chi connectivity index (χ3v) is 2.59. The summed E-state index contributed by atoms with van der Waals surface area (Å²) < 4.78 is 0. The highest BCUT2D eigenvalue weighted by Crippen LogP contribution is 2.08. The van der Waals surface area contributed by atoms with E-state index in [1.807, 2.05) is 16.7 Å². The maximum absolute atomic E-state index is 10.6. The number of nitrogens with zero attached hydrogens (tertiary/aromatic N) is 2. The van der Waals surface area contributed by atoms with Gasteiger partial charge < -0.3 is 10.2 Å². The lowest BCUT2D eigenvalue weighted by atomic mass is 10.1. The lowest BCUT2D eigenvalue weighted by molar-refractivity contribution is -0.139. The highest BCUT2D eigenvalue weighted by Gasteiger charge is 2.22. The Balaban J connectivity index is 2.48. The minimum atomic E-state index is -0.834. The van der Waals surface area contributed by atoms with Gasteiger partial charge in [-0.15, -0.1) is 0 Å². The number of carboxylic acid groups (broad SMARTS) is 2. The zero-order chi connectivity index (χ0) is 12.1. The Morgan fingerprint density at radius 2 is 1.44 bits per heavy atom. The molecule has 0 amide bonds. The van der Waals surface area contributed by atoms with Crippen molar-refractivity contribution in [2.75, 3.05) is 39.3 Å². The van der Waals surface area contributed by atoms with Crippen LogP contribution in [0.3, 0.4) is 0 Å². The van der Waals surface area contributed by atoms with Crippen LogP contribution in [0.25, 0.3) is 0 Å². The van der Waals surface area contributed by atoms with Gasteiger partial charge in [-0.25, -0.2) is 0 Å². The van der Waals surface area contributed by atoms with E-state index in [4.69, 9.17) is 10.2 Å². The molecular formula is C10H18N2O4. The number of rotatable bonds is 4. The molecule has 6 nitrogen and oxygen atoms in total. The van der Waals surface area contributed by atoms with Gasteiger partial charge >= 0.3 is 11.9 Å². The molecule has 0 bridgehead atoms. The largest absolute Gasteiger partial charge is 0.480 e. The summed E-state index contributed by atoms with van der Waals surface area (Å²) in [5, 5.41) is 17.4. The quantitative estimate of drug-likeness (QED) is 0.672. The number of aliphatic carboxylic acids is 2. The summed E-state index contributed by atoms with van der Waals surface area (Å²) in [5.41, 5.74) is 0. The molecule has 0 spiro atoms. The van der Waals surface area contributed by atoms with Crippen LogP contribution in [0, 0.1) is 5.92 Å². The van der Waals surface area contributed by atoms with E-state index in [0.29, 0.717) is 32.1 Å². The normalized spacial score (nSPS) is 20.6. The summed E-state index contributed by atoms with van der Waals surface area (Å²) in [7, 11) is 0. The summed E-state index contributed by atoms with van der Waals surface area (Å²) in [6, 6.07) is 0. The lowest BCUT2D eigenvalue weighted by Gasteiger charge is -2.19. The van der Waals surface area contributed by atoms with Gasteiger partial charge in [0.05, 0.1) is 13.1 Å². The van der Waals surface area contributed by atoms with Gasteiger partial charge in [0, 0.05) is 26.2 Å². The molecule has 0 saturated carbocycles. The van der Waals surface area contributed by atoms with Crippen LogP contribution in [0.2, 0.25) is 0 Å². The van der Waals surface area contributed by atoms with Gasteiger partial charge in [0.2, 0.25) is 0 Å². The van der Waals surface area contributed by atoms with Gasteiger partial charge in [-0.1, -0.05) is 6.92 Å². The Bertz CT molecular complexity index is 244. The Morgan fingerprint density at radius 3 is 1.75 bits per heavy atom. The lowest BCUT2D eigenvalue weighted by Crippen LogP contribution is -2.35. The van der Waals surface area contributed by atoms with E-state index in [2.05, 4.69) is 0 Å². The minimum absolute atomic E-state index is 0.0330. The summed E-state index contributed by atoms with van der Waals surface area (Å²) in [6.45, 7) is 4.73. The van der Waals surface area contributed by atoms with Crippen molar-refractivity contribution in [3.63, 3.8) is 0 Å². The van der Waals surface area contributed by atoms with Crippen molar-refractivity contribution in [2.45, 2.75) is 6.92 Å². The van der Waals surface area contributed by atoms with E-state index >= 15 is 0 Å². The second-order valence-corrected chi connectivity index (χ2v) is 4.36. The Kier molecular flexibility index (Phi) is 4.70. The van der Waals surface area contributed by atoms with Crippen LogP contribution in [0.1, 0.15) is 6.92 Å². The maximum atomic E-state index is 10.6. The second kappa shape index (κ2) is 5.81. The van der Waals surface area contributed by atoms with Crippen LogP contribution in [0.15, 0.2) is 0 Å². The Labute approximate surface area is 94.4 Å². The number of hydrogen-bond donors (Lipinski definition) is 2. The molecule has 1 aliphatic rings. The molecule has 6 heteroatoms. The molecule has 0 atom stereocenters. The van der Waals surface area contributed by atoms with E-state index in [1.54, 1.807) is 0 Å². The van der Waals surface area contributed by atoms with Gasteiger partial charge in [-0.3, -0.25) is 19.4 Å².